The molecule has 0 radical (unpaired) electrons. The maximum atomic E-state index is 4.04. The molecule has 2 heterocycles. The van der Waals surface area contributed by atoms with Crippen LogP contribution in [0.25, 0.3) is 0 Å². The van der Waals surface area contributed by atoms with Crippen LogP contribution in [0, 0.1) is 0 Å². The zero-order valence-corrected chi connectivity index (χ0v) is 7.83. The highest BCUT2D eigenvalue weighted by Gasteiger charge is 2.15. The molecule has 2 aliphatic heterocycles. The summed E-state index contributed by atoms with van der Waals surface area (Å²) < 4.78 is 0. The quantitative estimate of drug-likeness (QED) is 0.599. The van der Waals surface area contributed by atoms with Gasteiger partial charge in [0, 0.05) is 43.2 Å². The van der Waals surface area contributed by atoms with Gasteiger partial charge in [0.05, 0.1) is 6.54 Å². The summed E-state index contributed by atoms with van der Waals surface area (Å²) in [5.41, 5.74) is 0. The number of hydrogen-bond acceptors (Lipinski definition) is 4. The van der Waals surface area contributed by atoms with Crippen LogP contribution in [0.1, 0.15) is 0 Å². The molecule has 4 heteroatoms. The monoisotopic (exact) mass is 183 g/mol. The van der Waals surface area contributed by atoms with Gasteiger partial charge in [0.2, 0.25) is 0 Å². The second-order valence-electron chi connectivity index (χ2n) is 2.82. The molecule has 0 atom stereocenters. The van der Waals surface area contributed by atoms with E-state index in [1.807, 2.05) is 24.2 Å². The first-order chi connectivity index (χ1) is 5.97. The summed E-state index contributed by atoms with van der Waals surface area (Å²) in [6, 6.07) is 0. The highest BCUT2D eigenvalue weighted by atomic mass is 32.2. The third kappa shape index (κ3) is 1.81. The van der Waals surface area contributed by atoms with E-state index in [1.165, 1.54) is 24.6 Å². The van der Waals surface area contributed by atoms with Gasteiger partial charge >= 0.3 is 0 Å². The van der Waals surface area contributed by atoms with E-state index in [2.05, 4.69) is 21.2 Å². The zero-order valence-electron chi connectivity index (χ0n) is 7.02. The molecule has 3 nitrogen and oxygen atoms in total. The fourth-order valence-electron chi connectivity index (χ4n) is 1.39. The van der Waals surface area contributed by atoms with Crippen LogP contribution >= 0.6 is 11.8 Å². The van der Waals surface area contributed by atoms with Crippen molar-refractivity contribution in [1.29, 1.82) is 0 Å². The van der Waals surface area contributed by atoms with Crippen molar-refractivity contribution in [2.45, 2.75) is 0 Å². The maximum Gasteiger partial charge on any atom is 0.0693 e. The summed E-state index contributed by atoms with van der Waals surface area (Å²) in [5.74, 6) is 2.50. The molecule has 0 aliphatic carbocycles. The van der Waals surface area contributed by atoms with E-state index in [4.69, 9.17) is 0 Å². The van der Waals surface area contributed by atoms with Gasteiger partial charge in [-0.3, -0.25) is 4.99 Å². The van der Waals surface area contributed by atoms with Gasteiger partial charge in [-0.05, 0) is 0 Å². The fourth-order valence-corrected chi connectivity index (χ4v) is 2.27. The third-order valence-corrected chi connectivity index (χ3v) is 2.99. The predicted octanol–water partition coefficient (Wildman–Crippen LogP) is 0.808. The van der Waals surface area contributed by atoms with Gasteiger partial charge in [0.15, 0.2) is 0 Å². The molecule has 66 valence electrons. The highest BCUT2D eigenvalue weighted by molar-refractivity contribution is 7.99. The molecule has 2 aliphatic rings. The predicted molar refractivity (Wildman–Crippen MR) is 53.2 cm³/mol. The van der Waals surface area contributed by atoms with Crippen LogP contribution in [0.4, 0.5) is 0 Å². The van der Waals surface area contributed by atoms with Crippen molar-refractivity contribution in [3.05, 3.63) is 12.4 Å². The molecule has 0 bridgehead atoms. The summed E-state index contributed by atoms with van der Waals surface area (Å²) in [4.78, 5) is 4.04. The molecule has 0 aromatic rings. The highest BCUT2D eigenvalue weighted by Crippen LogP contribution is 2.12. The van der Waals surface area contributed by atoms with Crippen LogP contribution in [-0.2, 0) is 0 Å². The second kappa shape index (κ2) is 3.96. The maximum absolute atomic E-state index is 4.04. The molecule has 0 aromatic carbocycles. The van der Waals surface area contributed by atoms with E-state index in [1.54, 1.807) is 0 Å². The van der Waals surface area contributed by atoms with E-state index in [9.17, 15) is 0 Å². The van der Waals surface area contributed by atoms with Crippen molar-refractivity contribution in [1.82, 2.24) is 10.0 Å². The minimum Gasteiger partial charge on any atom is -0.306 e. The third-order valence-electron chi connectivity index (χ3n) is 2.05. The van der Waals surface area contributed by atoms with Crippen molar-refractivity contribution in [2.24, 2.45) is 4.99 Å². The molecule has 1 fully saturated rings. The largest absolute Gasteiger partial charge is 0.306 e. The van der Waals surface area contributed by atoms with E-state index in [0.717, 1.165) is 6.54 Å². The van der Waals surface area contributed by atoms with Crippen molar-refractivity contribution in [2.75, 3.05) is 31.1 Å². The number of hydrazine groups is 1. The van der Waals surface area contributed by atoms with Crippen LogP contribution in [0.3, 0.4) is 0 Å². The molecule has 0 N–H and O–H groups in total. The SMILES string of the molecule is C1=CN(N2CCSCC2)CC=N1. The minimum absolute atomic E-state index is 0.932. The standard InChI is InChI=1S/C8H13N3S/c1-3-10(4-2-9-1)11-5-7-12-8-6-11/h1-3H,4-8H2. The molecule has 0 unspecified atom stereocenters. The number of hydrogen-bond donors (Lipinski definition) is 0. The molecular weight excluding hydrogens is 170 g/mol. The van der Waals surface area contributed by atoms with Gasteiger partial charge in [-0.25, -0.2) is 5.01 Å². The summed E-state index contributed by atoms with van der Waals surface area (Å²) in [6.07, 6.45) is 5.85. The average molecular weight is 183 g/mol. The Labute approximate surface area is 77.1 Å². The van der Waals surface area contributed by atoms with Gasteiger partial charge in [0.1, 0.15) is 0 Å². The van der Waals surface area contributed by atoms with Gasteiger partial charge in [-0.1, -0.05) is 0 Å². The van der Waals surface area contributed by atoms with Gasteiger partial charge < -0.3 is 5.01 Å². The van der Waals surface area contributed by atoms with Gasteiger partial charge in [0.25, 0.3) is 0 Å². The van der Waals surface area contributed by atoms with Crippen LogP contribution in [0.5, 0.6) is 0 Å². The summed E-state index contributed by atoms with van der Waals surface area (Å²) in [6.45, 7) is 3.27. The normalized spacial score (nSPS) is 24.8. The Hall–Kier alpha value is -0.480. The molecule has 0 spiro atoms. The first-order valence-corrected chi connectivity index (χ1v) is 5.40. The van der Waals surface area contributed by atoms with E-state index < -0.39 is 0 Å². The molecule has 0 aromatic heterocycles. The first kappa shape index (κ1) is 8.13. The van der Waals surface area contributed by atoms with Crippen molar-refractivity contribution in [3.8, 4) is 0 Å². The molecule has 1 saturated heterocycles. The lowest BCUT2D eigenvalue weighted by atomic mass is 10.5. The van der Waals surface area contributed by atoms with Crippen LogP contribution in [0.15, 0.2) is 17.4 Å². The van der Waals surface area contributed by atoms with Gasteiger partial charge in [-0.2, -0.15) is 11.8 Å². The minimum atomic E-state index is 0.932. The second-order valence-corrected chi connectivity index (χ2v) is 4.04. The Morgan fingerprint density at radius 1 is 1.25 bits per heavy atom. The molecule has 0 amide bonds. The summed E-state index contributed by atoms with van der Waals surface area (Å²) >= 11 is 2.04. The molecular formula is C8H13N3S. The lowest BCUT2D eigenvalue weighted by molar-refractivity contribution is 0.0477. The van der Waals surface area contributed by atoms with E-state index >= 15 is 0 Å². The Balaban J connectivity index is 1.90. The fraction of sp³-hybridized carbons (Fsp3) is 0.625. The topological polar surface area (TPSA) is 18.8 Å². The van der Waals surface area contributed by atoms with E-state index in [-0.39, 0.29) is 0 Å². The zero-order chi connectivity index (χ0) is 8.23. The Bertz CT molecular complexity index is 196. The molecule has 12 heavy (non-hydrogen) atoms. The van der Waals surface area contributed by atoms with Crippen LogP contribution in [0.2, 0.25) is 0 Å². The lowest BCUT2D eigenvalue weighted by Crippen LogP contribution is -2.45. The van der Waals surface area contributed by atoms with Crippen molar-refractivity contribution >= 4 is 18.0 Å². The van der Waals surface area contributed by atoms with E-state index in [0.29, 0.717) is 0 Å². The first-order valence-electron chi connectivity index (χ1n) is 4.24. The van der Waals surface area contributed by atoms with Crippen LogP contribution < -0.4 is 0 Å². The summed E-state index contributed by atoms with van der Waals surface area (Å²) in [5, 5.41) is 4.63. The molecule has 2 rings (SSSR count). The van der Waals surface area contributed by atoms with Crippen molar-refractivity contribution < 1.29 is 0 Å². The number of thioether (sulfide) groups is 1. The Morgan fingerprint density at radius 3 is 2.75 bits per heavy atom. The number of nitrogens with zero attached hydrogens (tertiary/aromatic N) is 3. The lowest BCUT2D eigenvalue weighted by Gasteiger charge is -2.36. The molecule has 0 saturated carbocycles. The smallest absolute Gasteiger partial charge is 0.0693 e. The number of aliphatic imine (C=N–C) groups is 1. The van der Waals surface area contributed by atoms with Crippen LogP contribution in [-0.4, -0.2) is 47.4 Å². The van der Waals surface area contributed by atoms with Gasteiger partial charge in [-0.15, -0.1) is 0 Å². The van der Waals surface area contributed by atoms with Crippen molar-refractivity contribution in [3.63, 3.8) is 0 Å². The summed E-state index contributed by atoms with van der Waals surface area (Å²) in [7, 11) is 0. The Morgan fingerprint density at radius 2 is 2.08 bits per heavy atom. The average Bonchev–Trinajstić information content (AvgIpc) is 2.21. The number of rotatable bonds is 1. The Kier molecular flexibility index (Phi) is 2.68.